The Morgan fingerprint density at radius 1 is 1.26 bits per heavy atom. The van der Waals surface area contributed by atoms with Crippen molar-refractivity contribution in [3.05, 3.63) is 53.1 Å². The molecule has 1 atom stereocenters. The molecule has 2 aromatic rings. The standard InChI is InChI=1S/C15H22N4/c1-11-4-5-13(8-12(11)2)9-14(18-16)10-15-17-6-7-19(15)3/h4-8,14,18H,9-10,16H2,1-3H3. The summed E-state index contributed by atoms with van der Waals surface area (Å²) in [7, 11) is 2.01. The van der Waals surface area contributed by atoms with E-state index in [0.717, 1.165) is 18.7 Å². The minimum absolute atomic E-state index is 0.197. The lowest BCUT2D eigenvalue weighted by atomic mass is 9.99. The molecule has 0 saturated carbocycles. The van der Waals surface area contributed by atoms with E-state index in [1.807, 2.05) is 24.0 Å². The molecule has 0 fully saturated rings. The molecular weight excluding hydrogens is 236 g/mol. The van der Waals surface area contributed by atoms with E-state index in [9.17, 15) is 0 Å². The summed E-state index contributed by atoms with van der Waals surface area (Å²) in [5.74, 6) is 6.72. The summed E-state index contributed by atoms with van der Waals surface area (Å²) in [6, 6.07) is 6.77. The van der Waals surface area contributed by atoms with Gasteiger partial charge in [0, 0.05) is 31.9 Å². The Hall–Kier alpha value is -1.65. The summed E-state index contributed by atoms with van der Waals surface area (Å²) in [4.78, 5) is 4.34. The van der Waals surface area contributed by atoms with Gasteiger partial charge in [-0.3, -0.25) is 11.3 Å². The number of imidazole rings is 1. The maximum absolute atomic E-state index is 5.67. The van der Waals surface area contributed by atoms with Crippen LogP contribution in [0.4, 0.5) is 0 Å². The molecular formula is C15H22N4. The van der Waals surface area contributed by atoms with Crippen LogP contribution in [0.1, 0.15) is 22.5 Å². The highest BCUT2D eigenvalue weighted by Crippen LogP contribution is 2.13. The van der Waals surface area contributed by atoms with Gasteiger partial charge in [0.25, 0.3) is 0 Å². The number of benzene rings is 1. The van der Waals surface area contributed by atoms with Crippen molar-refractivity contribution in [2.75, 3.05) is 0 Å². The summed E-state index contributed by atoms with van der Waals surface area (Å²) in [5, 5.41) is 0. The van der Waals surface area contributed by atoms with Crippen molar-refractivity contribution in [3.63, 3.8) is 0 Å². The number of aryl methyl sites for hydroxylation is 3. The SMILES string of the molecule is Cc1ccc(CC(Cc2nccn2C)NN)cc1C. The molecule has 19 heavy (non-hydrogen) atoms. The molecule has 4 nitrogen and oxygen atoms in total. The monoisotopic (exact) mass is 258 g/mol. The number of hydrogen-bond acceptors (Lipinski definition) is 3. The predicted molar refractivity (Wildman–Crippen MR) is 77.6 cm³/mol. The van der Waals surface area contributed by atoms with E-state index in [0.29, 0.717) is 0 Å². The predicted octanol–water partition coefficient (Wildman–Crippen LogP) is 1.65. The highest BCUT2D eigenvalue weighted by Gasteiger charge is 2.12. The molecule has 1 aromatic heterocycles. The summed E-state index contributed by atoms with van der Waals surface area (Å²) in [5.41, 5.74) is 6.85. The van der Waals surface area contributed by atoms with Gasteiger partial charge in [-0.25, -0.2) is 4.98 Å². The minimum atomic E-state index is 0.197. The second-order valence-electron chi connectivity index (χ2n) is 5.14. The maximum Gasteiger partial charge on any atom is 0.109 e. The highest BCUT2D eigenvalue weighted by atomic mass is 15.2. The first-order chi connectivity index (χ1) is 9.10. The topological polar surface area (TPSA) is 55.9 Å². The van der Waals surface area contributed by atoms with Crippen molar-refractivity contribution in [1.82, 2.24) is 15.0 Å². The Morgan fingerprint density at radius 2 is 2.05 bits per heavy atom. The van der Waals surface area contributed by atoms with E-state index in [4.69, 9.17) is 5.84 Å². The molecule has 1 aromatic carbocycles. The summed E-state index contributed by atoms with van der Waals surface area (Å²) < 4.78 is 2.03. The fraction of sp³-hybridized carbons (Fsp3) is 0.400. The highest BCUT2D eigenvalue weighted by molar-refractivity contribution is 5.30. The zero-order chi connectivity index (χ0) is 13.8. The van der Waals surface area contributed by atoms with Gasteiger partial charge in [-0.2, -0.15) is 0 Å². The lowest BCUT2D eigenvalue weighted by Crippen LogP contribution is -2.39. The summed E-state index contributed by atoms with van der Waals surface area (Å²) in [6.07, 6.45) is 5.51. The van der Waals surface area contributed by atoms with Gasteiger partial charge in [-0.15, -0.1) is 0 Å². The average molecular weight is 258 g/mol. The van der Waals surface area contributed by atoms with Gasteiger partial charge in [0.05, 0.1) is 0 Å². The van der Waals surface area contributed by atoms with Crippen LogP contribution in [-0.4, -0.2) is 15.6 Å². The Labute approximate surface area is 114 Å². The molecule has 0 bridgehead atoms. The van der Waals surface area contributed by atoms with Crippen LogP contribution in [0.3, 0.4) is 0 Å². The molecule has 0 radical (unpaired) electrons. The number of aromatic nitrogens is 2. The molecule has 3 N–H and O–H groups in total. The normalized spacial score (nSPS) is 12.6. The smallest absolute Gasteiger partial charge is 0.109 e. The third-order valence-corrected chi connectivity index (χ3v) is 3.64. The Morgan fingerprint density at radius 3 is 2.63 bits per heavy atom. The van der Waals surface area contributed by atoms with Gasteiger partial charge in [0.1, 0.15) is 5.82 Å². The van der Waals surface area contributed by atoms with Crippen molar-refractivity contribution in [2.45, 2.75) is 32.7 Å². The van der Waals surface area contributed by atoms with Gasteiger partial charge in [-0.1, -0.05) is 18.2 Å². The first kappa shape index (κ1) is 13.8. The fourth-order valence-electron chi connectivity index (χ4n) is 2.22. The third kappa shape index (κ3) is 3.43. The molecule has 0 spiro atoms. The first-order valence-corrected chi connectivity index (χ1v) is 6.58. The van der Waals surface area contributed by atoms with Crippen molar-refractivity contribution >= 4 is 0 Å². The first-order valence-electron chi connectivity index (χ1n) is 6.58. The number of nitrogens with one attached hydrogen (secondary N) is 1. The van der Waals surface area contributed by atoms with Gasteiger partial charge in [-0.05, 0) is 37.0 Å². The van der Waals surface area contributed by atoms with E-state index in [2.05, 4.69) is 42.5 Å². The van der Waals surface area contributed by atoms with Crippen molar-refractivity contribution in [3.8, 4) is 0 Å². The number of hydrazine groups is 1. The molecule has 1 unspecified atom stereocenters. The molecule has 102 valence electrons. The second-order valence-corrected chi connectivity index (χ2v) is 5.14. The fourth-order valence-corrected chi connectivity index (χ4v) is 2.22. The number of hydrogen-bond donors (Lipinski definition) is 2. The van der Waals surface area contributed by atoms with Crippen LogP contribution < -0.4 is 11.3 Å². The van der Waals surface area contributed by atoms with E-state index < -0.39 is 0 Å². The van der Waals surface area contributed by atoms with Crippen LogP contribution in [0.25, 0.3) is 0 Å². The number of nitrogens with zero attached hydrogens (tertiary/aromatic N) is 2. The molecule has 4 heteroatoms. The van der Waals surface area contributed by atoms with Crippen LogP contribution in [0.15, 0.2) is 30.6 Å². The average Bonchev–Trinajstić information content (AvgIpc) is 2.78. The van der Waals surface area contributed by atoms with Gasteiger partial charge in [0.15, 0.2) is 0 Å². The van der Waals surface area contributed by atoms with Crippen molar-refractivity contribution in [2.24, 2.45) is 12.9 Å². The quantitative estimate of drug-likeness (QED) is 0.633. The zero-order valence-electron chi connectivity index (χ0n) is 11.9. The molecule has 0 aliphatic rings. The van der Waals surface area contributed by atoms with Crippen LogP contribution >= 0.6 is 0 Å². The van der Waals surface area contributed by atoms with E-state index in [-0.39, 0.29) is 6.04 Å². The molecule has 0 amide bonds. The Bertz CT molecular complexity index is 545. The maximum atomic E-state index is 5.67. The van der Waals surface area contributed by atoms with Crippen LogP contribution in [0.5, 0.6) is 0 Å². The van der Waals surface area contributed by atoms with Crippen LogP contribution in [0, 0.1) is 13.8 Å². The molecule has 0 aliphatic carbocycles. The van der Waals surface area contributed by atoms with Gasteiger partial charge in [0.2, 0.25) is 0 Å². The summed E-state index contributed by atoms with van der Waals surface area (Å²) in [6.45, 7) is 4.27. The van der Waals surface area contributed by atoms with E-state index >= 15 is 0 Å². The largest absolute Gasteiger partial charge is 0.338 e. The lowest BCUT2D eigenvalue weighted by molar-refractivity contribution is 0.504. The molecule has 0 aliphatic heterocycles. The van der Waals surface area contributed by atoms with Gasteiger partial charge >= 0.3 is 0 Å². The van der Waals surface area contributed by atoms with Crippen molar-refractivity contribution in [1.29, 1.82) is 0 Å². The number of nitrogens with two attached hydrogens (primary N) is 1. The second kappa shape index (κ2) is 5.99. The van der Waals surface area contributed by atoms with Crippen molar-refractivity contribution < 1.29 is 0 Å². The van der Waals surface area contributed by atoms with Crippen LogP contribution in [-0.2, 0) is 19.9 Å². The van der Waals surface area contributed by atoms with Gasteiger partial charge < -0.3 is 4.57 Å². The molecule has 2 rings (SSSR count). The van der Waals surface area contributed by atoms with E-state index in [1.54, 1.807) is 0 Å². The van der Waals surface area contributed by atoms with E-state index in [1.165, 1.54) is 16.7 Å². The third-order valence-electron chi connectivity index (χ3n) is 3.64. The molecule has 1 heterocycles. The molecule has 0 saturated heterocycles. The Kier molecular flexibility index (Phi) is 4.35. The number of rotatable bonds is 5. The Balaban J connectivity index is 2.06. The lowest BCUT2D eigenvalue weighted by Gasteiger charge is -2.16. The van der Waals surface area contributed by atoms with Crippen LogP contribution in [0.2, 0.25) is 0 Å². The summed E-state index contributed by atoms with van der Waals surface area (Å²) >= 11 is 0. The minimum Gasteiger partial charge on any atom is -0.338 e. The zero-order valence-corrected chi connectivity index (χ0v) is 11.9.